The lowest BCUT2D eigenvalue weighted by Crippen LogP contribution is -2.18. The Bertz CT molecular complexity index is 1720. The number of imidazole rings is 1. The van der Waals surface area contributed by atoms with Crippen molar-refractivity contribution < 1.29 is 18.7 Å². The first-order valence-electron chi connectivity index (χ1n) is 12.2. The maximum Gasteiger partial charge on any atom is 0.269 e. The van der Waals surface area contributed by atoms with E-state index < -0.39 is 5.82 Å². The number of fused-ring (bicyclic) bond motifs is 1. The van der Waals surface area contributed by atoms with E-state index in [1.54, 1.807) is 25.2 Å². The third-order valence-corrected chi connectivity index (χ3v) is 6.31. The molecule has 0 unspecified atom stereocenters. The number of aromatic nitrogens is 4. The number of rotatable bonds is 7. The quantitative estimate of drug-likeness (QED) is 0.281. The molecule has 2 aromatic carbocycles. The van der Waals surface area contributed by atoms with Crippen LogP contribution in [0.25, 0.3) is 22.2 Å². The highest BCUT2D eigenvalue weighted by Gasteiger charge is 2.17. The fourth-order valence-corrected chi connectivity index (χ4v) is 4.38. The number of aryl methyl sites for hydroxylation is 3. The number of pyridine rings is 2. The van der Waals surface area contributed by atoms with Gasteiger partial charge in [0.15, 0.2) is 11.6 Å². The van der Waals surface area contributed by atoms with E-state index in [4.69, 9.17) is 14.5 Å². The summed E-state index contributed by atoms with van der Waals surface area (Å²) in [4.78, 5) is 25.2. The van der Waals surface area contributed by atoms with Gasteiger partial charge in [0.05, 0.1) is 23.8 Å². The molecule has 0 saturated heterocycles. The zero-order valence-corrected chi connectivity index (χ0v) is 22.2. The average Bonchev–Trinajstić information content (AvgIpc) is 3.22. The number of ether oxygens (including phenoxy) is 2. The number of methoxy groups -OCH3 is 1. The number of carbonyl (C=O) groups excluding carboxylic acids is 1. The van der Waals surface area contributed by atoms with Crippen LogP contribution in [0.15, 0.2) is 60.8 Å². The Morgan fingerprint density at radius 1 is 1.00 bits per heavy atom. The first kappa shape index (κ1) is 25.7. The topological polar surface area (TPSA) is 103 Å². The van der Waals surface area contributed by atoms with Crippen molar-refractivity contribution in [1.82, 2.24) is 24.8 Å². The molecule has 0 aliphatic carbocycles. The van der Waals surface area contributed by atoms with Crippen molar-refractivity contribution in [3.8, 4) is 28.4 Å². The predicted octanol–water partition coefficient (Wildman–Crippen LogP) is 5.69. The van der Waals surface area contributed by atoms with Gasteiger partial charge in [0.1, 0.15) is 17.2 Å². The molecule has 0 radical (unpaired) electrons. The van der Waals surface area contributed by atoms with Gasteiger partial charge in [-0.2, -0.15) is 0 Å². The Kier molecular flexibility index (Phi) is 6.84. The number of carbonyl (C=O) groups is 1. The van der Waals surface area contributed by atoms with Crippen LogP contribution in [-0.4, -0.2) is 39.6 Å². The summed E-state index contributed by atoms with van der Waals surface area (Å²) < 4.78 is 28.3. The third-order valence-electron chi connectivity index (χ3n) is 6.31. The Morgan fingerprint density at radius 2 is 1.79 bits per heavy atom. The average molecular weight is 527 g/mol. The molecule has 0 fully saturated rings. The molecule has 0 saturated carbocycles. The summed E-state index contributed by atoms with van der Waals surface area (Å²) in [6.45, 7) is 3.81. The van der Waals surface area contributed by atoms with Crippen LogP contribution in [-0.2, 0) is 7.05 Å². The van der Waals surface area contributed by atoms with Crippen LogP contribution in [0.4, 0.5) is 16.0 Å². The minimum atomic E-state index is -0.500. The van der Waals surface area contributed by atoms with Gasteiger partial charge < -0.3 is 24.7 Å². The Labute approximate surface area is 224 Å². The second-order valence-corrected chi connectivity index (χ2v) is 8.95. The molecule has 0 aliphatic rings. The second kappa shape index (κ2) is 10.4. The largest absolute Gasteiger partial charge is 0.492 e. The molecule has 39 heavy (non-hydrogen) atoms. The van der Waals surface area contributed by atoms with Crippen molar-refractivity contribution in [3.05, 3.63) is 83.7 Å². The molecule has 9 nitrogen and oxygen atoms in total. The maximum absolute atomic E-state index is 15.1. The highest BCUT2D eigenvalue weighted by molar-refractivity contribution is 5.92. The first-order valence-corrected chi connectivity index (χ1v) is 12.2. The highest BCUT2D eigenvalue weighted by Crippen LogP contribution is 2.37. The van der Waals surface area contributed by atoms with E-state index in [1.807, 2.05) is 55.8 Å². The monoisotopic (exact) mass is 526 g/mol. The van der Waals surface area contributed by atoms with Crippen LogP contribution in [0.3, 0.4) is 0 Å². The van der Waals surface area contributed by atoms with Gasteiger partial charge in [-0.05, 0) is 55.8 Å². The fraction of sp³-hybridized carbons (Fsp3) is 0.172. The lowest BCUT2D eigenvalue weighted by atomic mass is 10.0. The molecule has 5 aromatic rings. The molecule has 3 aromatic heterocycles. The van der Waals surface area contributed by atoms with E-state index in [2.05, 4.69) is 20.6 Å². The molecule has 1 amide bonds. The lowest BCUT2D eigenvalue weighted by molar-refractivity contribution is 0.0958. The standard InChI is InChI=1S/C29H27FN6O3/c1-16-6-8-21(17(2)33-16)18-12-22(30)27(38-5)24(13-18)35-29-34-23-14-19(7-9-26(23)36(29)4)39-20-10-11-32-25(15-20)28(37)31-3/h6-15H,1-5H3,(H,31,37)(H,34,35). The summed E-state index contributed by atoms with van der Waals surface area (Å²) in [5, 5.41) is 5.77. The van der Waals surface area contributed by atoms with Gasteiger partial charge in [0, 0.05) is 49.4 Å². The molecule has 5 rings (SSSR count). The van der Waals surface area contributed by atoms with Crippen molar-refractivity contribution in [2.75, 3.05) is 19.5 Å². The molecule has 2 N–H and O–H groups in total. The number of nitrogens with one attached hydrogen (secondary N) is 2. The van der Waals surface area contributed by atoms with Gasteiger partial charge in [-0.3, -0.25) is 14.8 Å². The summed E-state index contributed by atoms with van der Waals surface area (Å²) in [6.07, 6.45) is 1.51. The molecule has 10 heteroatoms. The van der Waals surface area contributed by atoms with Gasteiger partial charge in [0.2, 0.25) is 5.95 Å². The van der Waals surface area contributed by atoms with Crippen molar-refractivity contribution in [3.63, 3.8) is 0 Å². The van der Waals surface area contributed by atoms with Crippen LogP contribution < -0.4 is 20.1 Å². The Balaban J connectivity index is 1.48. The second-order valence-electron chi connectivity index (χ2n) is 8.95. The van der Waals surface area contributed by atoms with Gasteiger partial charge in [-0.25, -0.2) is 9.37 Å². The normalized spacial score (nSPS) is 10.9. The SMILES string of the molecule is CNC(=O)c1cc(Oc2ccc3c(c2)nc(Nc2cc(-c4ccc(C)nc4C)cc(F)c2OC)n3C)ccn1. The van der Waals surface area contributed by atoms with Crippen LogP contribution in [0.1, 0.15) is 21.9 Å². The van der Waals surface area contributed by atoms with Crippen molar-refractivity contribution in [1.29, 1.82) is 0 Å². The molecule has 0 bridgehead atoms. The van der Waals surface area contributed by atoms with Crippen molar-refractivity contribution in [2.24, 2.45) is 7.05 Å². The zero-order valence-electron chi connectivity index (χ0n) is 22.2. The Hall–Kier alpha value is -4.99. The van der Waals surface area contributed by atoms with Gasteiger partial charge in [0.25, 0.3) is 5.91 Å². The summed E-state index contributed by atoms with van der Waals surface area (Å²) in [6, 6.07) is 15.8. The summed E-state index contributed by atoms with van der Waals surface area (Å²) in [5.41, 5.74) is 5.37. The minimum Gasteiger partial charge on any atom is -0.492 e. The van der Waals surface area contributed by atoms with E-state index in [9.17, 15) is 4.79 Å². The molecule has 198 valence electrons. The van der Waals surface area contributed by atoms with E-state index in [1.165, 1.54) is 19.4 Å². The number of benzene rings is 2. The van der Waals surface area contributed by atoms with Gasteiger partial charge in [-0.1, -0.05) is 6.07 Å². The smallest absolute Gasteiger partial charge is 0.269 e. The van der Waals surface area contributed by atoms with Crippen LogP contribution in [0.5, 0.6) is 17.2 Å². The number of halogens is 1. The molecular weight excluding hydrogens is 499 g/mol. The predicted molar refractivity (Wildman–Crippen MR) is 147 cm³/mol. The van der Waals surface area contributed by atoms with E-state index in [0.29, 0.717) is 34.2 Å². The van der Waals surface area contributed by atoms with Gasteiger partial charge in [-0.15, -0.1) is 0 Å². The van der Waals surface area contributed by atoms with Crippen molar-refractivity contribution >= 4 is 28.6 Å². The molecule has 0 atom stereocenters. The van der Waals surface area contributed by atoms with E-state index in [-0.39, 0.29) is 17.4 Å². The van der Waals surface area contributed by atoms with Gasteiger partial charge >= 0.3 is 0 Å². The third kappa shape index (κ3) is 5.08. The van der Waals surface area contributed by atoms with Crippen LogP contribution >= 0.6 is 0 Å². The lowest BCUT2D eigenvalue weighted by Gasteiger charge is -2.15. The molecule has 0 spiro atoms. The van der Waals surface area contributed by atoms with E-state index >= 15 is 4.39 Å². The number of nitrogens with zero attached hydrogens (tertiary/aromatic N) is 4. The minimum absolute atomic E-state index is 0.0807. The number of anilines is 2. The first-order chi connectivity index (χ1) is 18.8. The highest BCUT2D eigenvalue weighted by atomic mass is 19.1. The summed E-state index contributed by atoms with van der Waals surface area (Å²) in [7, 11) is 4.83. The van der Waals surface area contributed by atoms with E-state index in [0.717, 1.165) is 22.5 Å². The molecule has 3 heterocycles. The van der Waals surface area contributed by atoms with Crippen LogP contribution in [0, 0.1) is 19.7 Å². The summed E-state index contributed by atoms with van der Waals surface area (Å²) in [5.74, 6) is 0.768. The van der Waals surface area contributed by atoms with Crippen molar-refractivity contribution in [2.45, 2.75) is 13.8 Å². The Morgan fingerprint density at radius 3 is 2.54 bits per heavy atom. The summed E-state index contributed by atoms with van der Waals surface area (Å²) >= 11 is 0. The molecular formula is C29H27FN6O3. The number of hydrogen-bond acceptors (Lipinski definition) is 7. The van der Waals surface area contributed by atoms with Crippen LogP contribution in [0.2, 0.25) is 0 Å². The number of hydrogen-bond donors (Lipinski definition) is 2. The molecule has 0 aliphatic heterocycles. The maximum atomic E-state index is 15.1. The zero-order chi connectivity index (χ0) is 27.7. The fourth-order valence-electron chi connectivity index (χ4n) is 4.38. The number of amides is 1.